The first-order valence-corrected chi connectivity index (χ1v) is 11.4. The van der Waals surface area contributed by atoms with E-state index in [1.807, 2.05) is 29.2 Å². The third-order valence-electron chi connectivity index (χ3n) is 5.58. The van der Waals surface area contributed by atoms with Crippen LogP contribution in [0.2, 0.25) is 0 Å². The molecule has 1 aromatic heterocycles. The number of H-pyrrole nitrogens is 1. The molecule has 164 valence electrons. The van der Waals surface area contributed by atoms with Gasteiger partial charge in [-0.3, -0.25) is 9.69 Å². The second-order valence-electron chi connectivity index (χ2n) is 7.37. The molecule has 1 aliphatic heterocycles. The summed E-state index contributed by atoms with van der Waals surface area (Å²) in [7, 11) is -0.690. The van der Waals surface area contributed by atoms with Crippen LogP contribution in [0.5, 0.6) is 11.5 Å². The lowest BCUT2D eigenvalue weighted by Gasteiger charge is -2.33. The SMILES string of the molecule is COc1ccc(S(=O)(=O)N2CCN(CC(=O)c3c[nH]c4ccccc34)CC2)cc1OC. The number of carbonyl (C=O) groups is 1. The molecule has 1 fully saturated rings. The van der Waals surface area contributed by atoms with Crippen LogP contribution < -0.4 is 9.47 Å². The molecule has 2 heterocycles. The van der Waals surface area contributed by atoms with Crippen LogP contribution in [0.1, 0.15) is 10.4 Å². The Morgan fingerprint density at radius 3 is 2.42 bits per heavy atom. The van der Waals surface area contributed by atoms with E-state index in [-0.39, 0.29) is 17.2 Å². The summed E-state index contributed by atoms with van der Waals surface area (Å²) in [6.07, 6.45) is 1.74. The molecular formula is C22H25N3O5S. The molecule has 8 nitrogen and oxygen atoms in total. The maximum Gasteiger partial charge on any atom is 0.243 e. The zero-order valence-corrected chi connectivity index (χ0v) is 18.3. The molecule has 3 aromatic rings. The first-order valence-electron chi connectivity index (χ1n) is 9.98. The fourth-order valence-corrected chi connectivity index (χ4v) is 5.28. The largest absolute Gasteiger partial charge is 0.493 e. The predicted octanol–water partition coefficient (Wildman–Crippen LogP) is 2.37. The Morgan fingerprint density at radius 2 is 1.71 bits per heavy atom. The van der Waals surface area contributed by atoms with Gasteiger partial charge in [-0.25, -0.2) is 8.42 Å². The van der Waals surface area contributed by atoms with Gasteiger partial charge >= 0.3 is 0 Å². The first kappa shape index (κ1) is 21.4. The molecule has 0 aliphatic carbocycles. The molecule has 1 N–H and O–H groups in total. The van der Waals surface area contributed by atoms with Gasteiger partial charge in [0.2, 0.25) is 10.0 Å². The minimum Gasteiger partial charge on any atom is -0.493 e. The lowest BCUT2D eigenvalue weighted by Crippen LogP contribution is -2.49. The topological polar surface area (TPSA) is 91.9 Å². The third kappa shape index (κ3) is 4.16. The highest BCUT2D eigenvalue weighted by Crippen LogP contribution is 2.31. The average molecular weight is 444 g/mol. The molecule has 2 aromatic carbocycles. The van der Waals surface area contributed by atoms with Crippen LogP contribution in [0.3, 0.4) is 0 Å². The van der Waals surface area contributed by atoms with Gasteiger partial charge in [0.05, 0.1) is 25.7 Å². The number of methoxy groups -OCH3 is 2. The van der Waals surface area contributed by atoms with E-state index in [2.05, 4.69) is 4.98 Å². The molecule has 0 unspecified atom stereocenters. The summed E-state index contributed by atoms with van der Waals surface area (Å²) in [5.74, 6) is 0.863. The van der Waals surface area contributed by atoms with Gasteiger partial charge in [0.1, 0.15) is 0 Å². The van der Waals surface area contributed by atoms with Crippen molar-refractivity contribution in [1.29, 1.82) is 0 Å². The van der Waals surface area contributed by atoms with E-state index in [0.29, 0.717) is 43.2 Å². The Kier molecular flexibility index (Phi) is 5.99. The third-order valence-corrected chi connectivity index (χ3v) is 7.48. The summed E-state index contributed by atoms with van der Waals surface area (Å²) in [6.45, 7) is 1.86. The minimum atomic E-state index is -3.66. The molecule has 0 spiro atoms. The number of hydrogen-bond donors (Lipinski definition) is 1. The maximum absolute atomic E-state index is 13.1. The molecule has 1 saturated heterocycles. The Labute approximate surface area is 181 Å². The number of fused-ring (bicyclic) bond motifs is 1. The molecule has 0 bridgehead atoms. The van der Waals surface area contributed by atoms with Crippen molar-refractivity contribution in [2.45, 2.75) is 4.90 Å². The highest BCUT2D eigenvalue weighted by atomic mass is 32.2. The molecular weight excluding hydrogens is 418 g/mol. The summed E-state index contributed by atoms with van der Waals surface area (Å²) < 4.78 is 38.0. The van der Waals surface area contributed by atoms with Gasteiger partial charge in [-0.05, 0) is 18.2 Å². The number of nitrogens with one attached hydrogen (secondary N) is 1. The van der Waals surface area contributed by atoms with E-state index in [1.165, 1.54) is 30.7 Å². The summed E-state index contributed by atoms with van der Waals surface area (Å²) in [5, 5.41) is 0.905. The smallest absolute Gasteiger partial charge is 0.243 e. The zero-order chi connectivity index (χ0) is 22.0. The van der Waals surface area contributed by atoms with Gasteiger partial charge in [0, 0.05) is 54.9 Å². The van der Waals surface area contributed by atoms with Gasteiger partial charge < -0.3 is 14.5 Å². The van der Waals surface area contributed by atoms with Crippen molar-refractivity contribution in [1.82, 2.24) is 14.2 Å². The van der Waals surface area contributed by atoms with Crippen molar-refractivity contribution in [2.24, 2.45) is 0 Å². The van der Waals surface area contributed by atoms with Crippen molar-refractivity contribution in [3.8, 4) is 11.5 Å². The van der Waals surface area contributed by atoms with Crippen molar-refractivity contribution in [3.63, 3.8) is 0 Å². The van der Waals surface area contributed by atoms with Gasteiger partial charge in [-0.2, -0.15) is 4.31 Å². The minimum absolute atomic E-state index is 0.0219. The number of aromatic nitrogens is 1. The molecule has 1 aliphatic rings. The Hall–Kier alpha value is -2.88. The van der Waals surface area contributed by atoms with E-state index in [1.54, 1.807) is 12.3 Å². The Bertz CT molecular complexity index is 1200. The quantitative estimate of drug-likeness (QED) is 0.564. The van der Waals surface area contributed by atoms with Crippen molar-refractivity contribution < 1.29 is 22.7 Å². The van der Waals surface area contributed by atoms with Crippen LogP contribution in [-0.2, 0) is 10.0 Å². The van der Waals surface area contributed by atoms with Crippen LogP contribution in [0, 0.1) is 0 Å². The standard InChI is InChI=1S/C22H25N3O5S/c1-29-21-8-7-16(13-22(21)30-2)31(27,28)25-11-9-24(10-12-25)15-20(26)18-14-23-19-6-4-3-5-17(18)19/h3-8,13-14,23H,9-12,15H2,1-2H3. The van der Waals surface area contributed by atoms with E-state index >= 15 is 0 Å². The number of para-hydroxylation sites is 1. The van der Waals surface area contributed by atoms with Crippen LogP contribution >= 0.6 is 0 Å². The van der Waals surface area contributed by atoms with Crippen molar-refractivity contribution in [2.75, 3.05) is 46.9 Å². The molecule has 0 radical (unpaired) electrons. The summed E-state index contributed by atoms with van der Waals surface area (Å²) >= 11 is 0. The second-order valence-corrected chi connectivity index (χ2v) is 9.31. The van der Waals surface area contributed by atoms with Gasteiger partial charge in [-0.1, -0.05) is 18.2 Å². The lowest BCUT2D eigenvalue weighted by molar-refractivity contribution is 0.0903. The van der Waals surface area contributed by atoms with E-state index in [0.717, 1.165) is 10.9 Å². The zero-order valence-electron chi connectivity index (χ0n) is 17.5. The van der Waals surface area contributed by atoms with Crippen LogP contribution in [-0.4, -0.2) is 75.3 Å². The van der Waals surface area contributed by atoms with Crippen LogP contribution in [0.15, 0.2) is 53.6 Å². The normalized spacial score (nSPS) is 15.8. The first-order chi connectivity index (χ1) is 14.9. The van der Waals surface area contributed by atoms with E-state index in [9.17, 15) is 13.2 Å². The predicted molar refractivity (Wildman–Crippen MR) is 117 cm³/mol. The number of ketones is 1. The number of piperazine rings is 1. The fourth-order valence-electron chi connectivity index (χ4n) is 3.84. The number of ether oxygens (including phenoxy) is 2. The number of sulfonamides is 1. The monoisotopic (exact) mass is 443 g/mol. The van der Waals surface area contributed by atoms with Gasteiger partial charge in [0.15, 0.2) is 17.3 Å². The highest BCUT2D eigenvalue weighted by Gasteiger charge is 2.30. The molecule has 0 saturated carbocycles. The number of aromatic amines is 1. The molecule has 0 amide bonds. The molecule has 4 rings (SSSR count). The summed E-state index contributed by atoms with van der Waals surface area (Å²) in [4.78, 5) is 18.1. The number of Topliss-reactive ketones (excluding diaryl/α,β-unsaturated/α-hetero) is 1. The van der Waals surface area contributed by atoms with Crippen molar-refractivity contribution >= 4 is 26.7 Å². The highest BCUT2D eigenvalue weighted by molar-refractivity contribution is 7.89. The number of benzene rings is 2. The average Bonchev–Trinajstić information content (AvgIpc) is 3.23. The maximum atomic E-state index is 13.1. The lowest BCUT2D eigenvalue weighted by atomic mass is 10.1. The second kappa shape index (κ2) is 8.70. The van der Waals surface area contributed by atoms with Crippen molar-refractivity contribution in [3.05, 3.63) is 54.2 Å². The summed E-state index contributed by atoms with van der Waals surface area (Å²) in [5.41, 5.74) is 1.59. The fraction of sp³-hybridized carbons (Fsp3) is 0.318. The summed E-state index contributed by atoms with van der Waals surface area (Å²) in [6, 6.07) is 12.3. The van der Waals surface area contributed by atoms with E-state index < -0.39 is 10.0 Å². The molecule has 0 atom stereocenters. The number of carbonyl (C=O) groups excluding carboxylic acids is 1. The number of nitrogens with zero attached hydrogens (tertiary/aromatic N) is 2. The van der Waals surface area contributed by atoms with Gasteiger partial charge in [-0.15, -0.1) is 0 Å². The Morgan fingerprint density at radius 1 is 1.00 bits per heavy atom. The van der Waals surface area contributed by atoms with Crippen LogP contribution in [0.25, 0.3) is 10.9 Å². The number of hydrogen-bond acceptors (Lipinski definition) is 6. The van der Waals surface area contributed by atoms with E-state index in [4.69, 9.17) is 9.47 Å². The Balaban J connectivity index is 1.42. The molecule has 31 heavy (non-hydrogen) atoms. The van der Waals surface area contributed by atoms with Crippen LogP contribution in [0.4, 0.5) is 0 Å². The van der Waals surface area contributed by atoms with Gasteiger partial charge in [0.25, 0.3) is 0 Å². The molecule has 9 heteroatoms. The number of rotatable bonds is 7.